The van der Waals surface area contributed by atoms with Crippen molar-refractivity contribution in [1.29, 1.82) is 0 Å². The van der Waals surface area contributed by atoms with Crippen LogP contribution >= 0.6 is 0 Å². The molecule has 4 heteroatoms. The van der Waals surface area contributed by atoms with E-state index in [1.807, 2.05) is 0 Å². The Balaban J connectivity index is 0.000000139. The van der Waals surface area contributed by atoms with Crippen molar-refractivity contribution in [2.75, 3.05) is 0 Å². The maximum Gasteiger partial charge on any atom is 0.0547 e. The summed E-state index contributed by atoms with van der Waals surface area (Å²) in [4.78, 5) is 0. The standard InChI is InChI=1S/2C48H32N2/c1-3-15-33(16-4-1)34-17-11-18-35(31-34)36-19-12-22-38(32-36)50-44-28-10-8-24-42(44)48-40(26-14-30-46(48)50)39-25-13-29-45-47(39)41-23-7-9-27-43(41)49(45)37-20-5-2-6-21-37;1-3-14-33(15-4-1)34-28-30-35(31-29-34)36-16-11-19-38(32-36)50-44-25-10-8-21-42(44)48-40(23-13-27-46(48)50)39-22-12-26-45-47(39)41-20-7-9-24-43(41)49(45)37-17-5-2-6-18-37/h2*1-32H. The van der Waals surface area contributed by atoms with Crippen molar-refractivity contribution in [3.63, 3.8) is 0 Å². The van der Waals surface area contributed by atoms with E-state index in [0.717, 1.165) is 11.4 Å². The second-order valence-electron chi connectivity index (χ2n) is 25.9. The van der Waals surface area contributed by atoms with Gasteiger partial charge in [0.15, 0.2) is 0 Å². The van der Waals surface area contributed by atoms with Gasteiger partial charge in [-0.25, -0.2) is 0 Å². The molecule has 0 N–H and O–H groups in total. The van der Waals surface area contributed by atoms with Gasteiger partial charge in [-0.2, -0.15) is 0 Å². The highest BCUT2D eigenvalue weighted by atomic mass is 15.0. The van der Waals surface area contributed by atoms with Crippen LogP contribution in [0, 0.1) is 0 Å². The summed E-state index contributed by atoms with van der Waals surface area (Å²) in [6, 6.07) is 141. The van der Waals surface area contributed by atoms with Gasteiger partial charge in [0.1, 0.15) is 0 Å². The summed E-state index contributed by atoms with van der Waals surface area (Å²) >= 11 is 0. The summed E-state index contributed by atoms with van der Waals surface area (Å²) in [6.07, 6.45) is 0. The third kappa shape index (κ3) is 9.76. The van der Waals surface area contributed by atoms with Gasteiger partial charge in [-0.15, -0.1) is 0 Å². The van der Waals surface area contributed by atoms with Gasteiger partial charge in [0.05, 0.1) is 44.1 Å². The normalized spacial score (nSPS) is 11.6. The molecule has 0 bridgehead atoms. The number of hydrogen-bond donors (Lipinski definition) is 0. The summed E-state index contributed by atoms with van der Waals surface area (Å²) in [6.45, 7) is 0. The molecule has 0 aliphatic rings. The third-order valence-corrected chi connectivity index (χ3v) is 20.2. The first-order valence-corrected chi connectivity index (χ1v) is 34.4. The number of aromatic nitrogens is 4. The first kappa shape index (κ1) is 58.1. The number of para-hydroxylation sites is 6. The zero-order chi connectivity index (χ0) is 66.0. The molecule has 0 saturated carbocycles. The maximum atomic E-state index is 2.44. The fourth-order valence-corrected chi connectivity index (χ4v) is 15.9. The Morgan fingerprint density at radius 1 is 0.130 bits per heavy atom. The van der Waals surface area contributed by atoms with Crippen LogP contribution in [0.15, 0.2) is 388 Å². The summed E-state index contributed by atoms with van der Waals surface area (Å²) in [7, 11) is 0. The number of rotatable bonds is 10. The third-order valence-electron chi connectivity index (χ3n) is 20.2. The lowest BCUT2D eigenvalue weighted by Gasteiger charge is -2.12. The van der Waals surface area contributed by atoms with Crippen molar-refractivity contribution in [3.8, 4) is 89.5 Å². The van der Waals surface area contributed by atoms with E-state index in [1.165, 1.54) is 165 Å². The monoisotopic (exact) mass is 1270 g/mol. The predicted molar refractivity (Wildman–Crippen MR) is 423 cm³/mol. The number of hydrogen-bond acceptors (Lipinski definition) is 0. The minimum absolute atomic E-state index is 1.15. The Morgan fingerprint density at radius 2 is 0.340 bits per heavy atom. The van der Waals surface area contributed by atoms with E-state index in [1.54, 1.807) is 0 Å². The Labute approximate surface area is 579 Å². The lowest BCUT2D eigenvalue weighted by atomic mass is 9.95. The van der Waals surface area contributed by atoms with E-state index in [9.17, 15) is 0 Å². The molecule has 4 heterocycles. The first-order valence-electron chi connectivity index (χ1n) is 34.4. The summed E-state index contributed by atoms with van der Waals surface area (Å²) in [5.74, 6) is 0. The summed E-state index contributed by atoms with van der Waals surface area (Å²) in [5.41, 5.74) is 28.9. The lowest BCUT2D eigenvalue weighted by molar-refractivity contribution is 1.18. The van der Waals surface area contributed by atoms with Gasteiger partial charge in [-0.1, -0.05) is 285 Å². The van der Waals surface area contributed by atoms with Crippen molar-refractivity contribution in [2.24, 2.45) is 0 Å². The van der Waals surface area contributed by atoms with E-state index < -0.39 is 0 Å². The van der Waals surface area contributed by atoms with Crippen LogP contribution in [-0.4, -0.2) is 18.3 Å². The molecule has 4 aromatic heterocycles. The second kappa shape index (κ2) is 24.4. The van der Waals surface area contributed by atoms with E-state index in [0.29, 0.717) is 0 Å². The fraction of sp³-hybridized carbons (Fsp3) is 0. The summed E-state index contributed by atoms with van der Waals surface area (Å²) in [5, 5.41) is 10.1. The molecule has 0 radical (unpaired) electrons. The molecular formula is C96H64N4. The minimum atomic E-state index is 1.15. The van der Waals surface area contributed by atoms with Gasteiger partial charge in [0, 0.05) is 65.8 Å². The molecule has 16 aromatic carbocycles. The van der Waals surface area contributed by atoms with Crippen LogP contribution in [0.3, 0.4) is 0 Å². The van der Waals surface area contributed by atoms with Gasteiger partial charge in [0.25, 0.3) is 0 Å². The van der Waals surface area contributed by atoms with E-state index in [2.05, 4.69) is 407 Å². The molecule has 0 unspecified atom stereocenters. The van der Waals surface area contributed by atoms with Crippen molar-refractivity contribution < 1.29 is 0 Å². The molecule has 20 aromatic rings. The van der Waals surface area contributed by atoms with Gasteiger partial charge in [-0.05, 0) is 170 Å². The molecule has 0 aliphatic carbocycles. The van der Waals surface area contributed by atoms with Gasteiger partial charge in [0.2, 0.25) is 0 Å². The molecular weight excluding hydrogens is 1210 g/mol. The van der Waals surface area contributed by atoms with Crippen molar-refractivity contribution >= 4 is 87.2 Å². The second-order valence-corrected chi connectivity index (χ2v) is 25.9. The molecule has 468 valence electrons. The Kier molecular flexibility index (Phi) is 14.2. The molecule has 0 aliphatic heterocycles. The van der Waals surface area contributed by atoms with E-state index in [4.69, 9.17) is 0 Å². The lowest BCUT2D eigenvalue weighted by Crippen LogP contribution is -1.94. The molecule has 0 fully saturated rings. The molecule has 20 rings (SSSR count). The highest BCUT2D eigenvalue weighted by Crippen LogP contribution is 2.47. The highest BCUT2D eigenvalue weighted by molar-refractivity contribution is 6.24. The smallest absolute Gasteiger partial charge is 0.0547 e. The Bertz CT molecular complexity index is 6490. The average Bonchev–Trinajstić information content (AvgIpc) is 1.57. The Morgan fingerprint density at radius 3 is 0.700 bits per heavy atom. The van der Waals surface area contributed by atoms with Crippen LogP contribution in [0.2, 0.25) is 0 Å². The first-order chi connectivity index (χ1) is 49.7. The quantitative estimate of drug-likeness (QED) is 0.130. The van der Waals surface area contributed by atoms with Crippen molar-refractivity contribution in [2.45, 2.75) is 0 Å². The molecule has 0 amide bonds. The van der Waals surface area contributed by atoms with Crippen LogP contribution in [0.5, 0.6) is 0 Å². The largest absolute Gasteiger partial charge is 0.309 e. The Hall–Kier alpha value is -13.3. The topological polar surface area (TPSA) is 19.7 Å². The van der Waals surface area contributed by atoms with E-state index in [-0.39, 0.29) is 0 Å². The number of nitrogens with zero attached hydrogens (tertiary/aromatic N) is 4. The van der Waals surface area contributed by atoms with Gasteiger partial charge < -0.3 is 18.3 Å². The van der Waals surface area contributed by atoms with E-state index >= 15 is 0 Å². The zero-order valence-electron chi connectivity index (χ0n) is 54.7. The molecule has 4 nitrogen and oxygen atoms in total. The van der Waals surface area contributed by atoms with Crippen LogP contribution in [0.25, 0.3) is 177 Å². The van der Waals surface area contributed by atoms with Crippen LogP contribution < -0.4 is 0 Å². The summed E-state index contributed by atoms with van der Waals surface area (Å²) < 4.78 is 9.67. The fourth-order valence-electron chi connectivity index (χ4n) is 15.9. The molecule has 0 saturated heterocycles. The van der Waals surface area contributed by atoms with Gasteiger partial charge in [-0.3, -0.25) is 0 Å². The molecule has 0 atom stereocenters. The van der Waals surface area contributed by atoms with Crippen molar-refractivity contribution in [3.05, 3.63) is 388 Å². The molecule has 0 spiro atoms. The maximum absolute atomic E-state index is 2.44. The van der Waals surface area contributed by atoms with Crippen LogP contribution in [-0.2, 0) is 0 Å². The predicted octanol–water partition coefficient (Wildman–Crippen LogP) is 25.8. The van der Waals surface area contributed by atoms with Crippen LogP contribution in [0.1, 0.15) is 0 Å². The highest BCUT2D eigenvalue weighted by Gasteiger charge is 2.24. The SMILES string of the molecule is c1ccc(-c2ccc(-c3cccc(-n4c5ccccc5c5c(-c6cccc7c6c6ccccc6n7-c6ccccc6)cccc54)c3)cc2)cc1.c1ccc(-c2cccc(-c3cccc(-n4c5ccccc5c5c(-c6cccc7c6c6ccccc6n7-c6ccccc6)cccc54)c3)c2)cc1. The number of benzene rings is 16. The average molecular weight is 1270 g/mol. The van der Waals surface area contributed by atoms with Crippen molar-refractivity contribution in [1.82, 2.24) is 18.3 Å². The van der Waals surface area contributed by atoms with Crippen LogP contribution in [0.4, 0.5) is 0 Å². The number of fused-ring (bicyclic) bond motifs is 12. The molecule has 100 heavy (non-hydrogen) atoms. The minimum Gasteiger partial charge on any atom is -0.309 e. The zero-order valence-corrected chi connectivity index (χ0v) is 54.7. The van der Waals surface area contributed by atoms with Gasteiger partial charge >= 0.3 is 0 Å².